The van der Waals surface area contributed by atoms with Gasteiger partial charge < -0.3 is 9.88 Å². The van der Waals surface area contributed by atoms with Gasteiger partial charge in [0.1, 0.15) is 6.54 Å². The van der Waals surface area contributed by atoms with E-state index in [1.807, 2.05) is 28.8 Å². The number of fused-ring (bicyclic) bond motifs is 1. The van der Waals surface area contributed by atoms with Crippen LogP contribution in [0.2, 0.25) is 0 Å². The molecule has 0 bridgehead atoms. The maximum atomic E-state index is 12.2. The highest BCUT2D eigenvalue weighted by Crippen LogP contribution is 2.20. The first kappa shape index (κ1) is 13.9. The lowest BCUT2D eigenvalue weighted by Crippen LogP contribution is -2.38. The molecule has 110 valence electrons. The quantitative estimate of drug-likeness (QED) is 0.878. The monoisotopic (exact) mass is 284 g/mol. The molecule has 4 nitrogen and oxygen atoms in total. The van der Waals surface area contributed by atoms with E-state index in [2.05, 4.69) is 5.32 Å². The van der Waals surface area contributed by atoms with Crippen LogP contribution in [0.4, 0.5) is 0 Å². The van der Waals surface area contributed by atoms with Crippen molar-refractivity contribution in [1.82, 2.24) is 9.88 Å². The van der Waals surface area contributed by atoms with Crippen LogP contribution < -0.4 is 5.32 Å². The molecule has 1 saturated carbocycles. The molecular weight excluding hydrogens is 264 g/mol. The van der Waals surface area contributed by atoms with E-state index in [1.54, 1.807) is 6.20 Å². The molecule has 1 amide bonds. The summed E-state index contributed by atoms with van der Waals surface area (Å²) in [7, 11) is 0. The lowest BCUT2D eigenvalue weighted by Gasteiger charge is -2.22. The third-order valence-corrected chi connectivity index (χ3v) is 4.23. The Labute approximate surface area is 124 Å². The summed E-state index contributed by atoms with van der Waals surface area (Å²) in [5, 5.41) is 4.01. The van der Waals surface area contributed by atoms with Gasteiger partial charge in [-0.3, -0.25) is 9.59 Å². The molecule has 0 saturated heterocycles. The molecule has 1 aliphatic rings. The molecule has 1 fully saturated rings. The van der Waals surface area contributed by atoms with Gasteiger partial charge in [-0.15, -0.1) is 0 Å². The zero-order valence-electron chi connectivity index (χ0n) is 12.0. The topological polar surface area (TPSA) is 51.1 Å². The molecule has 0 aliphatic heterocycles. The van der Waals surface area contributed by atoms with Crippen molar-refractivity contribution < 1.29 is 9.59 Å². The molecule has 0 spiro atoms. The number of carbonyl (C=O) groups is 2. The normalized spacial score (nSPS) is 16.0. The highest BCUT2D eigenvalue weighted by Gasteiger charge is 2.16. The first-order chi connectivity index (χ1) is 10.3. The Morgan fingerprint density at radius 1 is 1.24 bits per heavy atom. The van der Waals surface area contributed by atoms with E-state index < -0.39 is 0 Å². The standard InChI is InChI=1S/C17H20N2O2/c20-12-13-10-19(16-9-5-4-8-15(13)16)11-17(21)18-14-6-2-1-3-7-14/h4-5,8-10,12,14H,1-3,6-7,11H2,(H,18,21). The second kappa shape index (κ2) is 6.12. The van der Waals surface area contributed by atoms with Gasteiger partial charge in [0, 0.05) is 28.7 Å². The molecule has 0 radical (unpaired) electrons. The average Bonchev–Trinajstić information content (AvgIpc) is 2.86. The van der Waals surface area contributed by atoms with E-state index in [4.69, 9.17) is 0 Å². The predicted octanol–water partition coefficient (Wildman–Crippen LogP) is 2.90. The first-order valence-electron chi connectivity index (χ1n) is 7.60. The molecule has 1 aromatic heterocycles. The number of nitrogens with one attached hydrogen (secondary N) is 1. The lowest BCUT2D eigenvalue weighted by molar-refractivity contribution is -0.122. The van der Waals surface area contributed by atoms with Gasteiger partial charge in [-0.05, 0) is 18.9 Å². The van der Waals surface area contributed by atoms with E-state index >= 15 is 0 Å². The summed E-state index contributed by atoms with van der Waals surface area (Å²) in [6, 6.07) is 8.00. The van der Waals surface area contributed by atoms with Crippen LogP contribution in [0.25, 0.3) is 10.9 Å². The van der Waals surface area contributed by atoms with Crippen LogP contribution in [0, 0.1) is 0 Å². The molecule has 21 heavy (non-hydrogen) atoms. The van der Waals surface area contributed by atoms with Gasteiger partial charge in [-0.25, -0.2) is 0 Å². The Kier molecular flexibility index (Phi) is 4.04. The zero-order valence-corrected chi connectivity index (χ0v) is 12.0. The van der Waals surface area contributed by atoms with Crippen molar-refractivity contribution >= 4 is 23.1 Å². The SMILES string of the molecule is O=Cc1cn(CC(=O)NC2CCCCC2)c2ccccc12. The smallest absolute Gasteiger partial charge is 0.240 e. The minimum absolute atomic E-state index is 0.0279. The summed E-state index contributed by atoms with van der Waals surface area (Å²) in [6.45, 7) is 0.269. The predicted molar refractivity (Wildman–Crippen MR) is 82.3 cm³/mol. The third kappa shape index (κ3) is 2.99. The first-order valence-corrected chi connectivity index (χ1v) is 7.60. The largest absolute Gasteiger partial charge is 0.352 e. The highest BCUT2D eigenvalue weighted by atomic mass is 16.2. The lowest BCUT2D eigenvalue weighted by atomic mass is 9.95. The van der Waals surface area contributed by atoms with E-state index in [1.165, 1.54) is 19.3 Å². The van der Waals surface area contributed by atoms with Crippen molar-refractivity contribution in [3.05, 3.63) is 36.0 Å². The second-order valence-electron chi connectivity index (χ2n) is 5.75. The molecule has 4 heteroatoms. The number of amides is 1. The van der Waals surface area contributed by atoms with Gasteiger partial charge >= 0.3 is 0 Å². The number of benzene rings is 1. The molecule has 0 unspecified atom stereocenters. The Morgan fingerprint density at radius 3 is 2.76 bits per heavy atom. The zero-order chi connectivity index (χ0) is 14.7. The van der Waals surface area contributed by atoms with Crippen LogP contribution >= 0.6 is 0 Å². The number of aldehydes is 1. The summed E-state index contributed by atoms with van der Waals surface area (Å²) >= 11 is 0. The van der Waals surface area contributed by atoms with E-state index in [9.17, 15) is 9.59 Å². The number of carbonyl (C=O) groups excluding carboxylic acids is 2. The Balaban J connectivity index is 1.75. The van der Waals surface area contributed by atoms with Crippen molar-refractivity contribution in [3.63, 3.8) is 0 Å². The molecule has 1 aromatic carbocycles. The van der Waals surface area contributed by atoms with Crippen LogP contribution in [-0.2, 0) is 11.3 Å². The number of aromatic nitrogens is 1. The number of hydrogen-bond donors (Lipinski definition) is 1. The average molecular weight is 284 g/mol. The maximum Gasteiger partial charge on any atom is 0.240 e. The van der Waals surface area contributed by atoms with Crippen LogP contribution in [0.3, 0.4) is 0 Å². The van der Waals surface area contributed by atoms with Gasteiger partial charge in [0.2, 0.25) is 5.91 Å². The second-order valence-corrected chi connectivity index (χ2v) is 5.75. The van der Waals surface area contributed by atoms with E-state index in [0.29, 0.717) is 11.6 Å². The molecule has 1 heterocycles. The highest BCUT2D eigenvalue weighted by molar-refractivity contribution is 5.98. The third-order valence-electron chi connectivity index (χ3n) is 4.23. The number of hydrogen-bond acceptors (Lipinski definition) is 2. The van der Waals surface area contributed by atoms with Crippen LogP contribution in [-0.4, -0.2) is 22.8 Å². The van der Waals surface area contributed by atoms with Crippen molar-refractivity contribution in [2.24, 2.45) is 0 Å². The summed E-state index contributed by atoms with van der Waals surface area (Å²) in [6.07, 6.45) is 8.45. The number of nitrogens with zero attached hydrogens (tertiary/aromatic N) is 1. The molecule has 3 rings (SSSR count). The van der Waals surface area contributed by atoms with Gasteiger partial charge in [0.15, 0.2) is 6.29 Å². The molecule has 1 N–H and O–H groups in total. The van der Waals surface area contributed by atoms with Crippen LogP contribution in [0.15, 0.2) is 30.5 Å². The minimum Gasteiger partial charge on any atom is -0.352 e. The Hall–Kier alpha value is -2.10. The van der Waals surface area contributed by atoms with Crippen molar-refractivity contribution in [3.8, 4) is 0 Å². The van der Waals surface area contributed by atoms with E-state index in [0.717, 1.165) is 30.0 Å². The van der Waals surface area contributed by atoms with Crippen molar-refractivity contribution in [2.45, 2.75) is 44.7 Å². The fourth-order valence-corrected chi connectivity index (χ4v) is 3.17. The Morgan fingerprint density at radius 2 is 2.00 bits per heavy atom. The fourth-order valence-electron chi connectivity index (χ4n) is 3.17. The van der Waals surface area contributed by atoms with E-state index in [-0.39, 0.29) is 12.5 Å². The molecule has 1 aliphatic carbocycles. The van der Waals surface area contributed by atoms with Gasteiger partial charge in [0.25, 0.3) is 0 Å². The number of rotatable bonds is 4. The van der Waals surface area contributed by atoms with Crippen molar-refractivity contribution in [1.29, 1.82) is 0 Å². The summed E-state index contributed by atoms with van der Waals surface area (Å²) in [5.41, 5.74) is 1.56. The van der Waals surface area contributed by atoms with Crippen LogP contribution in [0.5, 0.6) is 0 Å². The molecular formula is C17H20N2O2. The van der Waals surface area contributed by atoms with Crippen LogP contribution in [0.1, 0.15) is 42.5 Å². The molecule has 2 aromatic rings. The van der Waals surface area contributed by atoms with Gasteiger partial charge in [-0.2, -0.15) is 0 Å². The fraction of sp³-hybridized carbons (Fsp3) is 0.412. The molecule has 0 atom stereocenters. The maximum absolute atomic E-state index is 12.2. The summed E-state index contributed by atoms with van der Waals surface area (Å²) in [5.74, 6) is 0.0279. The summed E-state index contributed by atoms with van der Waals surface area (Å²) < 4.78 is 1.86. The van der Waals surface area contributed by atoms with Crippen molar-refractivity contribution in [2.75, 3.05) is 0 Å². The summed E-state index contributed by atoms with van der Waals surface area (Å²) in [4.78, 5) is 23.3. The van der Waals surface area contributed by atoms with Gasteiger partial charge in [0.05, 0.1) is 0 Å². The minimum atomic E-state index is 0.0279. The number of para-hydroxylation sites is 1. The van der Waals surface area contributed by atoms with Gasteiger partial charge in [-0.1, -0.05) is 37.5 Å². The Bertz CT molecular complexity index is 654.